The predicted molar refractivity (Wildman–Crippen MR) is 186 cm³/mol. The van der Waals surface area contributed by atoms with Crippen molar-refractivity contribution in [3.63, 3.8) is 0 Å². The quantitative estimate of drug-likeness (QED) is 0.181. The minimum absolute atomic E-state index is 0.0348. The number of rotatable bonds is 11. The zero-order valence-corrected chi connectivity index (χ0v) is 28.4. The van der Waals surface area contributed by atoms with Crippen molar-refractivity contribution in [2.45, 2.75) is 69.7 Å². The van der Waals surface area contributed by atoms with E-state index in [4.69, 9.17) is 9.47 Å². The van der Waals surface area contributed by atoms with Crippen LogP contribution < -0.4 is 5.32 Å². The molecule has 0 aliphatic carbocycles. The molecule has 4 atom stereocenters. The molecular formula is C40H42F3N3O5. The third-order valence-corrected chi connectivity index (χ3v) is 9.37. The van der Waals surface area contributed by atoms with E-state index in [1.165, 1.54) is 5.56 Å². The molecule has 4 aromatic rings. The van der Waals surface area contributed by atoms with Crippen LogP contribution >= 0.6 is 0 Å². The van der Waals surface area contributed by atoms with Crippen molar-refractivity contribution >= 4 is 11.8 Å². The molecule has 2 amide bonds. The second-order valence-electron chi connectivity index (χ2n) is 13.2. The van der Waals surface area contributed by atoms with Gasteiger partial charge in [-0.05, 0) is 65.4 Å². The maximum atomic E-state index is 13.1. The lowest BCUT2D eigenvalue weighted by Gasteiger charge is -2.38. The minimum atomic E-state index is -5.02. The molecule has 2 aliphatic heterocycles. The van der Waals surface area contributed by atoms with Crippen LogP contribution in [0.4, 0.5) is 13.2 Å². The van der Waals surface area contributed by atoms with Crippen molar-refractivity contribution in [1.29, 1.82) is 0 Å². The number of carbonyl (C=O) groups excluding carboxylic acids is 2. The van der Waals surface area contributed by atoms with E-state index >= 15 is 0 Å². The Labute approximate surface area is 295 Å². The number of aliphatic hydroxyl groups is 1. The fraction of sp³-hybridized carbons (Fsp3) is 0.350. The van der Waals surface area contributed by atoms with Crippen molar-refractivity contribution in [1.82, 2.24) is 15.1 Å². The summed E-state index contributed by atoms with van der Waals surface area (Å²) < 4.78 is 52.4. The van der Waals surface area contributed by atoms with Crippen molar-refractivity contribution in [3.8, 4) is 11.1 Å². The Hall–Kier alpha value is -4.55. The predicted octanol–water partition coefficient (Wildman–Crippen LogP) is 6.69. The molecule has 6 rings (SSSR count). The van der Waals surface area contributed by atoms with Crippen LogP contribution in [-0.4, -0.2) is 65.2 Å². The van der Waals surface area contributed by atoms with Crippen molar-refractivity contribution < 1.29 is 37.3 Å². The largest absolute Gasteiger partial charge is 0.471 e. The molecule has 8 nitrogen and oxygen atoms in total. The summed E-state index contributed by atoms with van der Waals surface area (Å²) in [4.78, 5) is 27.6. The van der Waals surface area contributed by atoms with Crippen LogP contribution in [0.3, 0.4) is 0 Å². The average molecular weight is 702 g/mol. The van der Waals surface area contributed by atoms with E-state index in [-0.39, 0.29) is 38.3 Å². The van der Waals surface area contributed by atoms with Crippen molar-refractivity contribution in [3.05, 3.63) is 131 Å². The van der Waals surface area contributed by atoms with Gasteiger partial charge < -0.3 is 24.8 Å². The molecule has 0 bridgehead atoms. The molecule has 51 heavy (non-hydrogen) atoms. The molecular weight excluding hydrogens is 659 g/mol. The molecule has 0 saturated carbocycles. The molecule has 2 fully saturated rings. The van der Waals surface area contributed by atoms with E-state index in [0.717, 1.165) is 39.9 Å². The zero-order chi connectivity index (χ0) is 36.0. The van der Waals surface area contributed by atoms with Crippen molar-refractivity contribution in [2.75, 3.05) is 20.1 Å². The third-order valence-electron chi connectivity index (χ3n) is 9.37. The summed E-state index contributed by atoms with van der Waals surface area (Å²) >= 11 is 0. The molecule has 2 heterocycles. The maximum Gasteiger partial charge on any atom is 0.471 e. The molecule has 268 valence electrons. The van der Waals surface area contributed by atoms with Gasteiger partial charge in [-0.15, -0.1) is 0 Å². The van der Waals surface area contributed by atoms with Crippen LogP contribution in [0.5, 0.6) is 0 Å². The monoisotopic (exact) mass is 701 g/mol. The van der Waals surface area contributed by atoms with Crippen molar-refractivity contribution in [2.24, 2.45) is 0 Å². The van der Waals surface area contributed by atoms with Crippen LogP contribution in [0.25, 0.3) is 11.1 Å². The Bertz CT molecular complexity index is 1790. The van der Waals surface area contributed by atoms with Gasteiger partial charge in [0.25, 0.3) is 0 Å². The summed E-state index contributed by atoms with van der Waals surface area (Å²) in [6, 6.07) is 32.4. The van der Waals surface area contributed by atoms with Crippen LogP contribution in [0.15, 0.2) is 103 Å². The fourth-order valence-corrected chi connectivity index (χ4v) is 6.82. The minimum Gasteiger partial charge on any atom is -0.392 e. The van der Waals surface area contributed by atoms with E-state index in [9.17, 15) is 27.9 Å². The Morgan fingerprint density at radius 1 is 0.863 bits per heavy atom. The SMILES string of the molecule is CN(Cc1ccccc1)C[C@H]1C[C@@H](c2ccc(CO)cc2)O[C@@H](c2cccc(-c3cccc(CNC(=O)[C@@H]4CCCN4C(=O)C(F)(F)F)c3)c2)O1. The molecule has 0 unspecified atom stereocenters. The van der Waals surface area contributed by atoms with Gasteiger partial charge in [0.2, 0.25) is 5.91 Å². The number of alkyl halides is 3. The third kappa shape index (κ3) is 9.22. The standard InChI is InChI=1S/C40H42F3N3O5/c1-45(24-27-8-3-2-4-9-27)25-34-22-36(30-17-15-28(26-47)16-18-30)51-38(50-34)33-13-6-12-32(21-33)31-11-5-10-29(20-31)23-44-37(48)35-14-7-19-46(35)39(49)40(41,42)43/h2-6,8-13,15-18,20-21,34-36,38,47H,7,14,19,22-26H2,1H3,(H,44,48)/t34-,35+,36+,38+/m1/s1. The van der Waals surface area contributed by atoms with Gasteiger partial charge in [0.05, 0.1) is 18.8 Å². The highest BCUT2D eigenvalue weighted by Gasteiger charge is 2.47. The first-order valence-corrected chi connectivity index (χ1v) is 17.1. The normalized spacial score (nSPS) is 20.8. The summed E-state index contributed by atoms with van der Waals surface area (Å²) in [7, 11) is 2.08. The number of ether oxygens (including phenoxy) is 2. The Kier molecular flexibility index (Phi) is 11.5. The molecule has 4 aromatic carbocycles. The lowest BCUT2D eigenvalue weighted by atomic mass is 9.98. The van der Waals surface area contributed by atoms with Gasteiger partial charge in [0.1, 0.15) is 6.04 Å². The summed E-state index contributed by atoms with van der Waals surface area (Å²) in [6.07, 6.45) is -4.85. The van der Waals surface area contributed by atoms with Gasteiger partial charge in [-0.25, -0.2) is 0 Å². The number of likely N-dealkylation sites (N-methyl/N-ethyl adjacent to an activating group) is 1. The molecule has 2 saturated heterocycles. The number of benzene rings is 4. The number of nitrogens with one attached hydrogen (secondary N) is 1. The average Bonchev–Trinajstić information content (AvgIpc) is 3.64. The second-order valence-corrected chi connectivity index (χ2v) is 13.2. The molecule has 11 heteroatoms. The number of nitrogens with zero attached hydrogens (tertiary/aromatic N) is 2. The van der Waals surface area contributed by atoms with Gasteiger partial charge in [-0.1, -0.05) is 91.0 Å². The van der Waals surface area contributed by atoms with Gasteiger partial charge in [-0.3, -0.25) is 14.5 Å². The van der Waals surface area contributed by atoms with Gasteiger partial charge in [0.15, 0.2) is 6.29 Å². The topological polar surface area (TPSA) is 91.3 Å². The summed E-state index contributed by atoms with van der Waals surface area (Å²) in [5, 5.41) is 12.3. The van der Waals surface area contributed by atoms with Crippen LogP contribution in [-0.2, 0) is 38.8 Å². The Morgan fingerprint density at radius 2 is 1.57 bits per heavy atom. The molecule has 0 aromatic heterocycles. The van der Waals surface area contributed by atoms with Crippen LogP contribution in [0.1, 0.15) is 59.5 Å². The summed E-state index contributed by atoms with van der Waals surface area (Å²) in [5.74, 6) is -2.59. The number of hydrogen-bond acceptors (Lipinski definition) is 6. The van der Waals surface area contributed by atoms with E-state index in [1.54, 1.807) is 0 Å². The number of likely N-dealkylation sites (tertiary alicyclic amines) is 1. The first-order valence-electron chi connectivity index (χ1n) is 17.1. The molecule has 2 aliphatic rings. The molecule has 0 radical (unpaired) electrons. The van der Waals surface area contributed by atoms with Gasteiger partial charge >= 0.3 is 12.1 Å². The number of halogens is 3. The fourth-order valence-electron chi connectivity index (χ4n) is 6.82. The maximum absolute atomic E-state index is 13.1. The highest BCUT2D eigenvalue weighted by Crippen LogP contribution is 2.39. The van der Waals surface area contributed by atoms with E-state index in [1.807, 2.05) is 91.0 Å². The number of amides is 2. The van der Waals surface area contributed by atoms with E-state index in [0.29, 0.717) is 24.3 Å². The number of carbonyl (C=O) groups is 2. The number of hydrogen-bond donors (Lipinski definition) is 2. The van der Waals surface area contributed by atoms with Crippen LogP contribution in [0, 0.1) is 0 Å². The first-order chi connectivity index (χ1) is 24.6. The van der Waals surface area contributed by atoms with Gasteiger partial charge in [-0.2, -0.15) is 13.2 Å². The summed E-state index contributed by atoms with van der Waals surface area (Å²) in [5.41, 5.74) is 6.43. The molecule has 0 spiro atoms. The molecule has 2 N–H and O–H groups in total. The lowest BCUT2D eigenvalue weighted by molar-refractivity contribution is -0.252. The van der Waals surface area contributed by atoms with Crippen LogP contribution in [0.2, 0.25) is 0 Å². The summed E-state index contributed by atoms with van der Waals surface area (Å²) in [6.45, 7) is 1.43. The highest BCUT2D eigenvalue weighted by atomic mass is 19.4. The second kappa shape index (κ2) is 16.2. The smallest absolute Gasteiger partial charge is 0.392 e. The van der Waals surface area contributed by atoms with E-state index < -0.39 is 30.3 Å². The zero-order valence-electron chi connectivity index (χ0n) is 28.4. The Balaban J connectivity index is 1.16. The number of aliphatic hydroxyl groups excluding tert-OH is 1. The van der Waals surface area contributed by atoms with Gasteiger partial charge in [0, 0.05) is 38.2 Å². The van der Waals surface area contributed by atoms with E-state index in [2.05, 4.69) is 29.4 Å². The lowest BCUT2D eigenvalue weighted by Crippen LogP contribution is -2.50. The highest BCUT2D eigenvalue weighted by molar-refractivity contribution is 5.90. The Morgan fingerprint density at radius 3 is 2.29 bits per heavy atom. The first kappa shape index (κ1) is 36.2.